The Bertz CT molecular complexity index is 919. The van der Waals surface area contributed by atoms with Crippen molar-refractivity contribution in [2.24, 2.45) is 0 Å². The molecule has 1 amide bonds. The lowest BCUT2D eigenvalue weighted by Gasteiger charge is -2.18. The first-order chi connectivity index (χ1) is 12.1. The molecule has 25 heavy (non-hydrogen) atoms. The number of aryl methyl sites for hydroxylation is 2. The van der Waals surface area contributed by atoms with Gasteiger partial charge in [0.1, 0.15) is 11.8 Å². The molecule has 0 aliphatic heterocycles. The highest BCUT2D eigenvalue weighted by Gasteiger charge is 2.21. The lowest BCUT2D eigenvalue weighted by Crippen LogP contribution is -2.32. The first kappa shape index (κ1) is 16.5. The predicted molar refractivity (Wildman–Crippen MR) is 92.0 cm³/mol. The topological polar surface area (TPSA) is 83.9 Å². The Labute approximate surface area is 145 Å². The third kappa shape index (κ3) is 3.61. The third-order valence-corrected chi connectivity index (χ3v) is 3.92. The van der Waals surface area contributed by atoms with Crippen LogP contribution in [0, 0.1) is 25.2 Å². The molecule has 1 unspecified atom stereocenters. The first-order valence-corrected chi connectivity index (χ1v) is 7.93. The van der Waals surface area contributed by atoms with Gasteiger partial charge in [-0.15, -0.1) is 0 Å². The van der Waals surface area contributed by atoms with Gasteiger partial charge in [0, 0.05) is 17.8 Å². The van der Waals surface area contributed by atoms with Crippen LogP contribution >= 0.6 is 0 Å². The van der Waals surface area contributed by atoms with Gasteiger partial charge < -0.3 is 9.73 Å². The number of carbonyl (C=O) groups excluding carboxylic acids is 1. The van der Waals surface area contributed by atoms with E-state index in [0.29, 0.717) is 17.7 Å². The van der Waals surface area contributed by atoms with E-state index in [1.54, 1.807) is 30.5 Å². The number of nitrogens with one attached hydrogen (secondary N) is 1. The summed E-state index contributed by atoms with van der Waals surface area (Å²) in [6.07, 6.45) is 1.60. The lowest BCUT2D eigenvalue weighted by atomic mass is 10.1. The Morgan fingerprint density at radius 1 is 1.32 bits per heavy atom. The molecule has 3 aromatic rings. The molecule has 126 valence electrons. The van der Waals surface area contributed by atoms with Crippen molar-refractivity contribution in [2.45, 2.75) is 19.9 Å². The highest BCUT2D eigenvalue weighted by Crippen LogP contribution is 2.20. The predicted octanol–water partition coefficient (Wildman–Crippen LogP) is 2.98. The van der Waals surface area contributed by atoms with Crippen LogP contribution in [0.5, 0.6) is 0 Å². The van der Waals surface area contributed by atoms with Crippen molar-refractivity contribution < 1.29 is 9.21 Å². The van der Waals surface area contributed by atoms with Gasteiger partial charge >= 0.3 is 0 Å². The number of hydrogen-bond acceptors (Lipinski definition) is 4. The van der Waals surface area contributed by atoms with E-state index in [2.05, 4.69) is 10.4 Å². The van der Waals surface area contributed by atoms with Crippen LogP contribution in [-0.4, -0.2) is 22.2 Å². The van der Waals surface area contributed by atoms with Crippen LogP contribution in [0.2, 0.25) is 0 Å². The van der Waals surface area contributed by atoms with E-state index < -0.39 is 0 Å². The highest BCUT2D eigenvalue weighted by molar-refractivity contribution is 5.94. The van der Waals surface area contributed by atoms with E-state index in [0.717, 1.165) is 17.1 Å². The number of furan rings is 1. The molecule has 1 aromatic carbocycles. The molecule has 1 N–H and O–H groups in total. The number of rotatable bonds is 5. The average molecular weight is 334 g/mol. The summed E-state index contributed by atoms with van der Waals surface area (Å²) in [5.41, 5.74) is 2.79. The van der Waals surface area contributed by atoms with Gasteiger partial charge in [-0.3, -0.25) is 9.48 Å². The number of hydrogen-bond donors (Lipinski definition) is 1. The van der Waals surface area contributed by atoms with Crippen LogP contribution in [0.3, 0.4) is 0 Å². The molecule has 3 rings (SSSR count). The summed E-state index contributed by atoms with van der Waals surface area (Å²) in [5, 5.41) is 16.4. The average Bonchev–Trinajstić information content (AvgIpc) is 3.25. The molecule has 0 fully saturated rings. The van der Waals surface area contributed by atoms with E-state index in [4.69, 9.17) is 9.68 Å². The summed E-state index contributed by atoms with van der Waals surface area (Å²) in [6, 6.07) is 14.1. The second-order valence-electron chi connectivity index (χ2n) is 5.81. The summed E-state index contributed by atoms with van der Waals surface area (Å²) in [6.45, 7) is 4.22. The van der Waals surface area contributed by atoms with Crippen LogP contribution in [0.4, 0.5) is 0 Å². The van der Waals surface area contributed by atoms with Gasteiger partial charge in [0.05, 0.1) is 23.6 Å². The normalized spacial score (nSPS) is 11.7. The summed E-state index contributed by atoms with van der Waals surface area (Å²) in [5.74, 6) is 0.479. The van der Waals surface area contributed by atoms with E-state index in [-0.39, 0.29) is 11.9 Å². The second kappa shape index (κ2) is 7.05. The van der Waals surface area contributed by atoms with Gasteiger partial charge in [0.2, 0.25) is 0 Å². The van der Waals surface area contributed by atoms with Crippen molar-refractivity contribution in [1.29, 1.82) is 5.26 Å². The highest BCUT2D eigenvalue weighted by atomic mass is 16.3. The van der Waals surface area contributed by atoms with Gasteiger partial charge in [0.25, 0.3) is 5.91 Å². The quantitative estimate of drug-likeness (QED) is 0.777. The van der Waals surface area contributed by atoms with Crippen molar-refractivity contribution in [3.05, 3.63) is 77.0 Å². The maximum atomic E-state index is 12.4. The van der Waals surface area contributed by atoms with Crippen LogP contribution < -0.4 is 5.32 Å². The Balaban J connectivity index is 1.81. The minimum atomic E-state index is -0.244. The largest absolute Gasteiger partial charge is 0.467 e. The summed E-state index contributed by atoms with van der Waals surface area (Å²) < 4.78 is 7.38. The van der Waals surface area contributed by atoms with Crippen molar-refractivity contribution in [3.63, 3.8) is 0 Å². The van der Waals surface area contributed by atoms with E-state index >= 15 is 0 Å². The molecule has 0 spiro atoms. The number of nitrogens with zero attached hydrogens (tertiary/aromatic N) is 3. The van der Waals surface area contributed by atoms with Crippen molar-refractivity contribution in [2.75, 3.05) is 6.54 Å². The number of nitriles is 1. The zero-order valence-electron chi connectivity index (χ0n) is 14.1. The van der Waals surface area contributed by atoms with Crippen molar-refractivity contribution >= 4 is 5.91 Å². The molecule has 0 bridgehead atoms. The monoisotopic (exact) mass is 334 g/mol. The number of benzene rings is 1. The van der Waals surface area contributed by atoms with Gasteiger partial charge in [0.15, 0.2) is 0 Å². The van der Waals surface area contributed by atoms with Crippen molar-refractivity contribution in [3.8, 4) is 6.07 Å². The third-order valence-electron chi connectivity index (χ3n) is 3.92. The Hall–Kier alpha value is -3.33. The first-order valence-electron chi connectivity index (χ1n) is 7.93. The Kier molecular flexibility index (Phi) is 4.66. The molecule has 6 heteroatoms. The standard InChI is InChI=1S/C19H18N4O2/c1-13-9-14(2)23(22-13)17(18-7-4-8-25-18)12-21-19(24)16-6-3-5-15(10-16)11-20/h3-10,17H,12H2,1-2H3,(H,21,24). The van der Waals surface area contributed by atoms with E-state index in [1.807, 2.05) is 42.8 Å². The minimum absolute atomic E-state index is 0.241. The molecular formula is C19H18N4O2. The second-order valence-corrected chi connectivity index (χ2v) is 5.81. The van der Waals surface area contributed by atoms with Crippen LogP contribution in [-0.2, 0) is 0 Å². The number of carbonyl (C=O) groups is 1. The van der Waals surface area contributed by atoms with Crippen LogP contribution in [0.25, 0.3) is 0 Å². The molecule has 0 aliphatic carbocycles. The molecule has 1 atom stereocenters. The number of amides is 1. The van der Waals surface area contributed by atoms with Crippen LogP contribution in [0.1, 0.15) is 39.1 Å². The fourth-order valence-electron chi connectivity index (χ4n) is 2.77. The lowest BCUT2D eigenvalue weighted by molar-refractivity contribution is 0.0948. The molecule has 2 heterocycles. The molecule has 0 saturated carbocycles. The van der Waals surface area contributed by atoms with E-state index in [1.165, 1.54) is 0 Å². The van der Waals surface area contributed by atoms with Gasteiger partial charge in [-0.1, -0.05) is 6.07 Å². The Morgan fingerprint density at radius 3 is 2.80 bits per heavy atom. The van der Waals surface area contributed by atoms with Gasteiger partial charge in [-0.25, -0.2) is 0 Å². The zero-order chi connectivity index (χ0) is 17.8. The molecular weight excluding hydrogens is 316 g/mol. The molecule has 2 aromatic heterocycles. The summed E-state index contributed by atoms with van der Waals surface area (Å²) in [7, 11) is 0. The maximum absolute atomic E-state index is 12.4. The molecule has 0 aliphatic rings. The number of aromatic nitrogens is 2. The fourth-order valence-corrected chi connectivity index (χ4v) is 2.77. The fraction of sp³-hybridized carbons (Fsp3) is 0.211. The minimum Gasteiger partial charge on any atom is -0.467 e. The van der Waals surface area contributed by atoms with Crippen LogP contribution in [0.15, 0.2) is 53.1 Å². The van der Waals surface area contributed by atoms with Crippen molar-refractivity contribution in [1.82, 2.24) is 15.1 Å². The van der Waals surface area contributed by atoms with Gasteiger partial charge in [-0.2, -0.15) is 10.4 Å². The Morgan fingerprint density at radius 2 is 2.16 bits per heavy atom. The summed E-state index contributed by atoms with van der Waals surface area (Å²) in [4.78, 5) is 12.4. The smallest absolute Gasteiger partial charge is 0.251 e. The van der Waals surface area contributed by atoms with E-state index in [9.17, 15) is 4.79 Å². The molecule has 0 saturated heterocycles. The molecule has 0 radical (unpaired) electrons. The maximum Gasteiger partial charge on any atom is 0.251 e. The molecule has 6 nitrogen and oxygen atoms in total. The van der Waals surface area contributed by atoms with Gasteiger partial charge in [-0.05, 0) is 50.2 Å². The SMILES string of the molecule is Cc1cc(C)n(C(CNC(=O)c2cccc(C#N)c2)c2ccco2)n1. The zero-order valence-corrected chi connectivity index (χ0v) is 14.1. The summed E-state index contributed by atoms with van der Waals surface area (Å²) >= 11 is 0.